The molecule has 0 saturated carbocycles. The van der Waals surface area contributed by atoms with E-state index < -0.39 is 32.3 Å². The number of anilines is 1. The molecule has 1 amide bonds. The van der Waals surface area contributed by atoms with E-state index in [1.54, 1.807) is 24.3 Å². The van der Waals surface area contributed by atoms with E-state index in [-0.39, 0.29) is 31.8 Å². The maximum Gasteiger partial charge on any atom is 0.416 e. The second-order valence-corrected chi connectivity index (χ2v) is 9.07. The van der Waals surface area contributed by atoms with Gasteiger partial charge in [-0.25, -0.2) is 8.42 Å². The predicted molar refractivity (Wildman–Crippen MR) is 99.7 cm³/mol. The number of para-hydroxylation sites is 1. The molecule has 6 nitrogen and oxygen atoms in total. The van der Waals surface area contributed by atoms with Crippen LogP contribution in [0, 0.1) is 0 Å². The van der Waals surface area contributed by atoms with E-state index in [4.69, 9.17) is 0 Å². The summed E-state index contributed by atoms with van der Waals surface area (Å²) in [5.74, 6) is -0.242. The molecule has 0 aromatic heterocycles. The van der Waals surface area contributed by atoms with Crippen LogP contribution in [0.25, 0.3) is 0 Å². The summed E-state index contributed by atoms with van der Waals surface area (Å²) < 4.78 is 65.7. The first kappa shape index (κ1) is 19.7. The van der Waals surface area contributed by atoms with Gasteiger partial charge in [-0.1, -0.05) is 18.2 Å². The fourth-order valence-electron chi connectivity index (χ4n) is 3.70. The number of alkyl halides is 3. The SMILES string of the molecule is O=C1NC2(CCN(S(=O)(=O)c3cccc(C(F)(F)F)c3)CC2)Nc2ccccc21. The fraction of sp³-hybridized carbons (Fsp3) is 0.316. The van der Waals surface area contributed by atoms with Gasteiger partial charge in [0.25, 0.3) is 5.91 Å². The van der Waals surface area contributed by atoms with Gasteiger partial charge in [0.05, 0.1) is 16.0 Å². The Hall–Kier alpha value is -2.59. The highest BCUT2D eigenvalue weighted by molar-refractivity contribution is 7.89. The van der Waals surface area contributed by atoms with E-state index in [2.05, 4.69) is 10.6 Å². The van der Waals surface area contributed by atoms with Gasteiger partial charge in [-0.2, -0.15) is 17.5 Å². The van der Waals surface area contributed by atoms with Crippen LogP contribution in [0.1, 0.15) is 28.8 Å². The minimum atomic E-state index is -4.62. The van der Waals surface area contributed by atoms with Crippen LogP contribution >= 0.6 is 0 Å². The molecule has 2 aliphatic rings. The number of carbonyl (C=O) groups is 1. The van der Waals surface area contributed by atoms with Crippen LogP contribution in [0.4, 0.5) is 18.9 Å². The summed E-state index contributed by atoms with van der Waals surface area (Å²) in [6.45, 7) is 0.127. The average molecular weight is 425 g/mol. The van der Waals surface area contributed by atoms with E-state index in [1.807, 2.05) is 0 Å². The molecule has 2 heterocycles. The minimum absolute atomic E-state index is 0.0635. The number of sulfonamides is 1. The normalized spacial score (nSPS) is 19.3. The molecular formula is C19H18F3N3O3S. The molecule has 2 aliphatic heterocycles. The number of hydrogen-bond acceptors (Lipinski definition) is 4. The highest BCUT2D eigenvalue weighted by Crippen LogP contribution is 2.34. The molecule has 0 aliphatic carbocycles. The Labute approximate surface area is 165 Å². The maximum absolute atomic E-state index is 12.9. The average Bonchev–Trinajstić information content (AvgIpc) is 2.68. The van der Waals surface area contributed by atoms with Gasteiger partial charge in [0, 0.05) is 31.6 Å². The molecule has 2 aromatic rings. The number of halogens is 3. The highest BCUT2D eigenvalue weighted by Gasteiger charge is 2.43. The Morgan fingerprint density at radius 3 is 2.34 bits per heavy atom. The van der Waals surface area contributed by atoms with E-state index >= 15 is 0 Å². The molecule has 2 aromatic carbocycles. The summed E-state index contributed by atoms with van der Waals surface area (Å²) in [6, 6.07) is 10.7. The summed E-state index contributed by atoms with van der Waals surface area (Å²) in [4.78, 5) is 12.0. The number of piperidine rings is 1. The molecule has 1 spiro atoms. The van der Waals surface area contributed by atoms with E-state index in [0.29, 0.717) is 17.3 Å². The van der Waals surface area contributed by atoms with Crippen LogP contribution in [0.15, 0.2) is 53.4 Å². The topological polar surface area (TPSA) is 78.5 Å². The molecule has 4 rings (SSSR count). The summed E-state index contributed by atoms with van der Waals surface area (Å²) in [5.41, 5.74) is -0.613. The van der Waals surface area contributed by atoms with Crippen LogP contribution in [0.3, 0.4) is 0 Å². The monoisotopic (exact) mass is 425 g/mol. The predicted octanol–water partition coefficient (Wildman–Crippen LogP) is 3.04. The third-order valence-electron chi connectivity index (χ3n) is 5.27. The van der Waals surface area contributed by atoms with Crippen molar-refractivity contribution < 1.29 is 26.4 Å². The lowest BCUT2D eigenvalue weighted by molar-refractivity contribution is -0.137. The second kappa shape index (κ2) is 6.74. The number of fused-ring (bicyclic) bond motifs is 1. The van der Waals surface area contributed by atoms with Gasteiger partial charge < -0.3 is 10.6 Å². The van der Waals surface area contributed by atoms with Gasteiger partial charge in [-0.3, -0.25) is 4.79 Å². The molecule has 0 radical (unpaired) electrons. The van der Waals surface area contributed by atoms with Crippen molar-refractivity contribution in [2.24, 2.45) is 0 Å². The van der Waals surface area contributed by atoms with Crippen LogP contribution in [0.2, 0.25) is 0 Å². The number of nitrogens with zero attached hydrogens (tertiary/aromatic N) is 1. The molecule has 10 heteroatoms. The lowest BCUT2D eigenvalue weighted by atomic mass is 9.93. The Balaban J connectivity index is 1.54. The highest BCUT2D eigenvalue weighted by atomic mass is 32.2. The molecule has 0 atom stereocenters. The van der Waals surface area contributed by atoms with Crippen molar-refractivity contribution in [3.05, 3.63) is 59.7 Å². The van der Waals surface area contributed by atoms with E-state index in [1.165, 1.54) is 0 Å². The van der Waals surface area contributed by atoms with Gasteiger partial charge in [-0.15, -0.1) is 0 Å². The molecule has 29 heavy (non-hydrogen) atoms. The van der Waals surface area contributed by atoms with Gasteiger partial charge in [0.1, 0.15) is 5.66 Å². The maximum atomic E-state index is 12.9. The van der Waals surface area contributed by atoms with Crippen molar-refractivity contribution >= 4 is 21.6 Å². The molecule has 0 unspecified atom stereocenters. The lowest BCUT2D eigenvalue weighted by Crippen LogP contribution is -2.62. The fourth-order valence-corrected chi connectivity index (χ4v) is 5.19. The van der Waals surface area contributed by atoms with Crippen LogP contribution < -0.4 is 10.6 Å². The molecule has 154 valence electrons. The summed E-state index contributed by atoms with van der Waals surface area (Å²) in [7, 11) is -4.08. The Morgan fingerprint density at radius 1 is 0.966 bits per heavy atom. The summed E-state index contributed by atoms with van der Waals surface area (Å²) in [6.07, 6.45) is -4.06. The molecule has 0 bridgehead atoms. The molecular weight excluding hydrogens is 407 g/mol. The smallest absolute Gasteiger partial charge is 0.362 e. The summed E-state index contributed by atoms with van der Waals surface area (Å²) in [5, 5.41) is 6.19. The largest absolute Gasteiger partial charge is 0.416 e. The van der Waals surface area contributed by atoms with Crippen molar-refractivity contribution in [2.75, 3.05) is 18.4 Å². The number of benzene rings is 2. The summed E-state index contributed by atoms with van der Waals surface area (Å²) >= 11 is 0. The molecule has 2 N–H and O–H groups in total. The number of hydrogen-bond donors (Lipinski definition) is 2. The standard InChI is InChI=1S/C19H18F3N3O3S/c20-19(21,22)13-4-3-5-14(12-13)29(27,28)25-10-8-18(9-11-25)23-16-7-2-1-6-15(16)17(26)24-18/h1-7,12,23H,8-11H2,(H,24,26). The Bertz CT molecular complexity index is 1060. The Kier molecular flexibility index (Phi) is 4.58. The van der Waals surface area contributed by atoms with Crippen molar-refractivity contribution in [3.63, 3.8) is 0 Å². The molecule has 1 fully saturated rings. The molecule has 1 saturated heterocycles. The van der Waals surface area contributed by atoms with Crippen LogP contribution in [-0.4, -0.2) is 37.4 Å². The van der Waals surface area contributed by atoms with Gasteiger partial charge >= 0.3 is 6.18 Å². The van der Waals surface area contributed by atoms with Crippen molar-refractivity contribution in [1.29, 1.82) is 0 Å². The number of rotatable bonds is 2. The first-order valence-electron chi connectivity index (χ1n) is 8.98. The van der Waals surface area contributed by atoms with Gasteiger partial charge in [0.15, 0.2) is 0 Å². The van der Waals surface area contributed by atoms with Gasteiger partial charge in [0.2, 0.25) is 10.0 Å². The zero-order chi connectivity index (χ0) is 20.9. The quantitative estimate of drug-likeness (QED) is 0.775. The number of amides is 1. The number of nitrogens with one attached hydrogen (secondary N) is 2. The number of carbonyl (C=O) groups excluding carboxylic acids is 1. The van der Waals surface area contributed by atoms with Crippen LogP contribution in [-0.2, 0) is 16.2 Å². The van der Waals surface area contributed by atoms with Crippen molar-refractivity contribution in [1.82, 2.24) is 9.62 Å². The first-order chi connectivity index (χ1) is 13.6. The van der Waals surface area contributed by atoms with Crippen LogP contribution in [0.5, 0.6) is 0 Å². The van der Waals surface area contributed by atoms with Crippen molar-refractivity contribution in [3.8, 4) is 0 Å². The van der Waals surface area contributed by atoms with Gasteiger partial charge in [-0.05, 0) is 30.3 Å². The zero-order valence-electron chi connectivity index (χ0n) is 15.2. The first-order valence-corrected chi connectivity index (χ1v) is 10.4. The van der Waals surface area contributed by atoms with E-state index in [9.17, 15) is 26.4 Å². The minimum Gasteiger partial charge on any atom is -0.362 e. The van der Waals surface area contributed by atoms with Crippen molar-refractivity contribution in [2.45, 2.75) is 29.6 Å². The van der Waals surface area contributed by atoms with E-state index in [0.717, 1.165) is 22.5 Å². The zero-order valence-corrected chi connectivity index (χ0v) is 16.0. The third kappa shape index (κ3) is 3.58. The second-order valence-electron chi connectivity index (χ2n) is 7.14. The third-order valence-corrected chi connectivity index (χ3v) is 7.17. The Morgan fingerprint density at radius 2 is 1.66 bits per heavy atom. The lowest BCUT2D eigenvalue weighted by Gasteiger charge is -2.45.